The molecular weight excluding hydrogens is 364 g/mol. The topological polar surface area (TPSA) is 93.1 Å². The molecule has 27 heavy (non-hydrogen) atoms. The molecular formula is C18H18N6O2S. The molecule has 0 aromatic carbocycles. The molecule has 138 valence electrons. The first-order chi connectivity index (χ1) is 13.3. The van der Waals surface area contributed by atoms with Crippen molar-refractivity contribution in [3.05, 3.63) is 42.0 Å². The summed E-state index contributed by atoms with van der Waals surface area (Å²) in [5.41, 5.74) is 1.29. The number of nitrogens with zero attached hydrogens (tertiary/aromatic N) is 5. The number of nitrogens with one attached hydrogen (secondary N) is 1. The van der Waals surface area contributed by atoms with Gasteiger partial charge in [0.15, 0.2) is 5.82 Å². The van der Waals surface area contributed by atoms with Gasteiger partial charge in [0, 0.05) is 36.9 Å². The van der Waals surface area contributed by atoms with Crippen molar-refractivity contribution in [3.63, 3.8) is 0 Å². The van der Waals surface area contributed by atoms with Crippen LogP contribution in [0.5, 0.6) is 0 Å². The summed E-state index contributed by atoms with van der Waals surface area (Å²) in [6.07, 6.45) is 3.41. The zero-order chi connectivity index (χ0) is 18.5. The molecule has 9 heteroatoms. The molecule has 4 heterocycles. The van der Waals surface area contributed by atoms with Gasteiger partial charge in [0.1, 0.15) is 22.2 Å². The van der Waals surface area contributed by atoms with Crippen LogP contribution in [0.15, 0.2) is 42.0 Å². The smallest absolute Gasteiger partial charge is 0.239 e. The number of rotatable bonds is 5. The highest BCUT2D eigenvalue weighted by molar-refractivity contribution is 7.13. The van der Waals surface area contributed by atoms with E-state index >= 15 is 0 Å². The number of morpholine rings is 1. The fourth-order valence-corrected chi connectivity index (χ4v) is 3.32. The zero-order valence-corrected chi connectivity index (χ0v) is 15.4. The summed E-state index contributed by atoms with van der Waals surface area (Å²) >= 11 is 1.48. The van der Waals surface area contributed by atoms with E-state index in [-0.39, 0.29) is 5.91 Å². The number of carbonyl (C=O) groups is 1. The van der Waals surface area contributed by atoms with Crippen LogP contribution in [0, 0.1) is 0 Å². The fraction of sp³-hybridized carbons (Fsp3) is 0.278. The number of anilines is 1. The third-order valence-electron chi connectivity index (χ3n) is 4.01. The molecule has 0 bridgehead atoms. The van der Waals surface area contributed by atoms with E-state index in [4.69, 9.17) is 4.74 Å². The normalized spacial score (nSPS) is 14.8. The first kappa shape index (κ1) is 17.7. The van der Waals surface area contributed by atoms with E-state index in [9.17, 15) is 4.79 Å². The number of aromatic nitrogens is 4. The van der Waals surface area contributed by atoms with Crippen LogP contribution in [0.2, 0.25) is 0 Å². The van der Waals surface area contributed by atoms with Crippen LogP contribution in [-0.4, -0.2) is 63.6 Å². The highest BCUT2D eigenvalue weighted by atomic mass is 32.1. The lowest BCUT2D eigenvalue weighted by Gasteiger charge is -2.25. The van der Waals surface area contributed by atoms with Gasteiger partial charge >= 0.3 is 0 Å². The summed E-state index contributed by atoms with van der Waals surface area (Å²) in [6, 6.07) is 7.28. The summed E-state index contributed by atoms with van der Waals surface area (Å²) in [4.78, 5) is 32.2. The molecule has 8 nitrogen and oxygen atoms in total. The van der Waals surface area contributed by atoms with E-state index in [0.717, 1.165) is 18.1 Å². The average Bonchev–Trinajstić information content (AvgIpc) is 3.24. The summed E-state index contributed by atoms with van der Waals surface area (Å²) in [7, 11) is 0. The Morgan fingerprint density at radius 3 is 2.78 bits per heavy atom. The molecule has 1 N–H and O–H groups in total. The zero-order valence-electron chi connectivity index (χ0n) is 14.5. The van der Waals surface area contributed by atoms with Gasteiger partial charge in [0.2, 0.25) is 5.91 Å². The predicted octanol–water partition coefficient (Wildman–Crippen LogP) is 1.93. The summed E-state index contributed by atoms with van der Waals surface area (Å²) in [5, 5.41) is 5.52. The number of hydrogen-bond acceptors (Lipinski definition) is 8. The molecule has 0 aliphatic carbocycles. The first-order valence-electron chi connectivity index (χ1n) is 8.58. The number of hydrogen-bond donors (Lipinski definition) is 1. The van der Waals surface area contributed by atoms with Gasteiger partial charge in [-0.3, -0.25) is 14.7 Å². The molecule has 0 radical (unpaired) electrons. The second-order valence-corrected chi connectivity index (χ2v) is 6.85. The molecule has 0 saturated carbocycles. The first-order valence-corrected chi connectivity index (χ1v) is 9.46. The quantitative estimate of drug-likeness (QED) is 0.721. The molecule has 1 fully saturated rings. The van der Waals surface area contributed by atoms with Gasteiger partial charge in [0.25, 0.3) is 0 Å². The SMILES string of the molecule is O=C(CN1CCOCC1)Nc1cc(-c2nccs2)nc(-c2ccccn2)n1. The Morgan fingerprint density at radius 1 is 1.15 bits per heavy atom. The van der Waals surface area contributed by atoms with Crippen LogP contribution in [-0.2, 0) is 9.53 Å². The van der Waals surface area contributed by atoms with Crippen LogP contribution in [0.25, 0.3) is 22.2 Å². The number of thiazole rings is 1. The van der Waals surface area contributed by atoms with E-state index in [1.807, 2.05) is 23.6 Å². The fourth-order valence-electron chi connectivity index (χ4n) is 2.73. The minimum absolute atomic E-state index is 0.118. The van der Waals surface area contributed by atoms with Crippen molar-refractivity contribution in [1.29, 1.82) is 0 Å². The van der Waals surface area contributed by atoms with Crippen LogP contribution in [0.3, 0.4) is 0 Å². The summed E-state index contributed by atoms with van der Waals surface area (Å²) in [6.45, 7) is 3.11. The maximum Gasteiger partial charge on any atom is 0.239 e. The average molecular weight is 382 g/mol. The van der Waals surface area contributed by atoms with Gasteiger partial charge in [-0.15, -0.1) is 11.3 Å². The third kappa shape index (κ3) is 4.51. The van der Waals surface area contributed by atoms with Gasteiger partial charge < -0.3 is 10.1 Å². The van der Waals surface area contributed by atoms with E-state index in [2.05, 4.69) is 30.2 Å². The molecule has 0 atom stereocenters. The van der Waals surface area contributed by atoms with E-state index in [1.165, 1.54) is 11.3 Å². The van der Waals surface area contributed by atoms with Crippen LogP contribution >= 0.6 is 11.3 Å². The van der Waals surface area contributed by atoms with Crippen molar-refractivity contribution in [1.82, 2.24) is 24.8 Å². The lowest BCUT2D eigenvalue weighted by molar-refractivity contribution is -0.118. The molecule has 1 saturated heterocycles. The maximum atomic E-state index is 12.4. The highest BCUT2D eigenvalue weighted by Gasteiger charge is 2.16. The third-order valence-corrected chi connectivity index (χ3v) is 4.81. The Hall–Kier alpha value is -2.75. The second-order valence-electron chi connectivity index (χ2n) is 5.95. The number of ether oxygens (including phenoxy) is 1. The number of amides is 1. The van der Waals surface area contributed by atoms with Crippen LogP contribution < -0.4 is 5.32 Å². The second kappa shape index (κ2) is 8.30. The van der Waals surface area contributed by atoms with E-state index in [0.29, 0.717) is 42.8 Å². The van der Waals surface area contributed by atoms with Crippen LogP contribution in [0.4, 0.5) is 5.82 Å². The molecule has 1 aliphatic heterocycles. The van der Waals surface area contributed by atoms with E-state index in [1.54, 1.807) is 18.5 Å². The Labute approximate surface area is 160 Å². The van der Waals surface area contributed by atoms with Crippen molar-refractivity contribution in [2.45, 2.75) is 0 Å². The van der Waals surface area contributed by atoms with Crippen LogP contribution in [0.1, 0.15) is 0 Å². The predicted molar refractivity (Wildman–Crippen MR) is 102 cm³/mol. The van der Waals surface area contributed by atoms with Crippen molar-refractivity contribution >= 4 is 23.1 Å². The number of pyridine rings is 1. The molecule has 3 aromatic rings. The molecule has 0 spiro atoms. The minimum atomic E-state index is -0.118. The van der Waals surface area contributed by atoms with Crippen molar-refractivity contribution in [2.24, 2.45) is 0 Å². The van der Waals surface area contributed by atoms with Gasteiger partial charge in [-0.2, -0.15) is 0 Å². The lowest BCUT2D eigenvalue weighted by atomic mass is 10.3. The van der Waals surface area contributed by atoms with Crippen molar-refractivity contribution < 1.29 is 9.53 Å². The largest absolute Gasteiger partial charge is 0.379 e. The summed E-state index contributed by atoms with van der Waals surface area (Å²) < 4.78 is 5.31. The molecule has 1 aliphatic rings. The number of carbonyl (C=O) groups excluding carboxylic acids is 1. The Balaban J connectivity index is 1.59. The van der Waals surface area contributed by atoms with Gasteiger partial charge in [0.05, 0.1) is 19.8 Å². The van der Waals surface area contributed by atoms with E-state index < -0.39 is 0 Å². The lowest BCUT2D eigenvalue weighted by Crippen LogP contribution is -2.41. The molecule has 0 unspecified atom stereocenters. The monoisotopic (exact) mass is 382 g/mol. The minimum Gasteiger partial charge on any atom is -0.379 e. The highest BCUT2D eigenvalue weighted by Crippen LogP contribution is 2.25. The molecule has 1 amide bonds. The van der Waals surface area contributed by atoms with Crippen molar-refractivity contribution in [3.8, 4) is 22.2 Å². The molecule has 3 aromatic heterocycles. The maximum absolute atomic E-state index is 12.4. The standard InChI is InChI=1S/C18H18N6O2S/c25-16(12-24-6-8-26-9-7-24)22-15-11-14(18-20-5-10-27-18)21-17(23-15)13-3-1-2-4-19-13/h1-5,10-11H,6-9,12H2,(H,21,22,23,25). The van der Waals surface area contributed by atoms with Crippen molar-refractivity contribution in [2.75, 3.05) is 38.2 Å². The molecule has 4 rings (SSSR count). The Morgan fingerprint density at radius 2 is 2.04 bits per heavy atom. The van der Waals surface area contributed by atoms with Gasteiger partial charge in [-0.1, -0.05) is 6.07 Å². The Kier molecular flexibility index (Phi) is 5.42. The van der Waals surface area contributed by atoms with Gasteiger partial charge in [-0.25, -0.2) is 15.0 Å². The summed E-state index contributed by atoms with van der Waals surface area (Å²) in [5.74, 6) is 0.770. The Bertz CT molecular complexity index is 897. The van der Waals surface area contributed by atoms with Gasteiger partial charge in [-0.05, 0) is 12.1 Å².